The van der Waals surface area contributed by atoms with Crippen LogP contribution >= 0.6 is 0 Å². The number of hydrogen-bond acceptors (Lipinski definition) is 5. The minimum Gasteiger partial charge on any atom is -0.301 e. The molecule has 2 heterocycles. The van der Waals surface area contributed by atoms with Gasteiger partial charge in [-0.25, -0.2) is 0 Å². The summed E-state index contributed by atoms with van der Waals surface area (Å²) in [6, 6.07) is 8.12. The number of aromatic nitrogens is 1. The third-order valence-corrected chi connectivity index (χ3v) is 3.66. The van der Waals surface area contributed by atoms with Gasteiger partial charge in [0.25, 0.3) is 5.69 Å². The van der Waals surface area contributed by atoms with Crippen LogP contribution in [0.4, 0.5) is 24.5 Å². The number of amides is 1. The number of benzene rings is 1. The molecule has 1 aliphatic heterocycles. The average Bonchev–Trinajstić information content (AvgIpc) is 2.72. The second-order valence-electron chi connectivity index (χ2n) is 5.43. The molecular weight excluding hydrogens is 353 g/mol. The number of nitro groups is 1. The molecule has 0 bridgehead atoms. The van der Waals surface area contributed by atoms with E-state index in [0.29, 0.717) is 10.6 Å². The Labute approximate surface area is 144 Å². The highest BCUT2D eigenvalue weighted by atomic mass is 19.4. The predicted octanol–water partition coefficient (Wildman–Crippen LogP) is 2.74. The fourth-order valence-corrected chi connectivity index (χ4v) is 2.59. The van der Waals surface area contributed by atoms with Gasteiger partial charge in [-0.05, 0) is 18.2 Å². The molecule has 0 radical (unpaired) electrons. The minimum absolute atomic E-state index is 0.0491. The van der Waals surface area contributed by atoms with E-state index in [0.717, 1.165) is 18.2 Å². The number of carbonyl (C=O) groups is 1. The lowest BCUT2D eigenvalue weighted by Gasteiger charge is -2.24. The molecule has 1 aromatic heterocycles. The number of non-ortho nitro benzene ring substituents is 1. The molecule has 0 atom stereocenters. The van der Waals surface area contributed by atoms with Crippen LogP contribution in [0.15, 0.2) is 47.6 Å². The Bertz CT molecular complexity index is 897. The highest BCUT2D eigenvalue weighted by Crippen LogP contribution is 2.32. The molecule has 0 unspecified atom stereocenters. The number of halogens is 3. The fraction of sp³-hybridized carbons (Fsp3) is 0.188. The van der Waals surface area contributed by atoms with E-state index >= 15 is 0 Å². The molecule has 134 valence electrons. The summed E-state index contributed by atoms with van der Waals surface area (Å²) in [7, 11) is 0. The van der Waals surface area contributed by atoms with E-state index in [2.05, 4.69) is 9.98 Å². The topological polar surface area (TPSA) is 88.7 Å². The van der Waals surface area contributed by atoms with Gasteiger partial charge in [0.1, 0.15) is 13.1 Å². The Morgan fingerprint density at radius 1 is 1.23 bits per heavy atom. The van der Waals surface area contributed by atoms with Crippen molar-refractivity contribution in [2.75, 3.05) is 18.0 Å². The monoisotopic (exact) mass is 364 g/mol. The Morgan fingerprint density at radius 2 is 2.00 bits per heavy atom. The predicted molar refractivity (Wildman–Crippen MR) is 86.2 cm³/mol. The zero-order valence-corrected chi connectivity index (χ0v) is 13.1. The minimum atomic E-state index is -4.63. The van der Waals surface area contributed by atoms with Crippen LogP contribution in [0.1, 0.15) is 11.3 Å². The van der Waals surface area contributed by atoms with Crippen molar-refractivity contribution in [1.82, 2.24) is 4.98 Å². The highest BCUT2D eigenvalue weighted by Gasteiger charge is 2.36. The van der Waals surface area contributed by atoms with E-state index in [9.17, 15) is 28.1 Å². The number of rotatable bonds is 3. The summed E-state index contributed by atoms with van der Waals surface area (Å²) in [5.74, 6) is -0.858. The van der Waals surface area contributed by atoms with E-state index in [1.807, 2.05) is 0 Å². The molecule has 1 aliphatic rings. The lowest BCUT2D eigenvalue weighted by Crippen LogP contribution is -2.40. The molecule has 0 N–H and O–H groups in total. The second-order valence-corrected chi connectivity index (χ2v) is 5.43. The molecule has 0 spiro atoms. The van der Waals surface area contributed by atoms with Crippen molar-refractivity contribution in [1.29, 1.82) is 0 Å². The van der Waals surface area contributed by atoms with Crippen molar-refractivity contribution >= 4 is 23.0 Å². The zero-order valence-electron chi connectivity index (χ0n) is 13.1. The molecule has 0 saturated heterocycles. The molecule has 1 amide bonds. The normalized spacial score (nSPS) is 14.5. The largest absolute Gasteiger partial charge is 0.406 e. The molecule has 3 rings (SSSR count). The summed E-state index contributed by atoms with van der Waals surface area (Å²) in [6.45, 7) is -2.04. The third-order valence-electron chi connectivity index (χ3n) is 3.66. The van der Waals surface area contributed by atoms with Crippen molar-refractivity contribution < 1.29 is 22.9 Å². The van der Waals surface area contributed by atoms with E-state index in [4.69, 9.17) is 0 Å². The summed E-state index contributed by atoms with van der Waals surface area (Å²) in [5, 5.41) is 11.1. The number of nitrogens with zero attached hydrogens (tertiary/aromatic N) is 4. The number of pyridine rings is 1. The van der Waals surface area contributed by atoms with Crippen molar-refractivity contribution in [3.8, 4) is 0 Å². The molecule has 0 fully saturated rings. The van der Waals surface area contributed by atoms with Gasteiger partial charge in [0, 0.05) is 23.9 Å². The number of benzodiazepines with no additional fused rings is 1. The molecule has 0 saturated carbocycles. The first-order chi connectivity index (χ1) is 12.3. The molecule has 2 aromatic rings. The van der Waals surface area contributed by atoms with Crippen LogP contribution in [0.2, 0.25) is 0 Å². The van der Waals surface area contributed by atoms with E-state index < -0.39 is 30.1 Å². The van der Waals surface area contributed by atoms with Gasteiger partial charge in [0.2, 0.25) is 5.91 Å². The van der Waals surface area contributed by atoms with Crippen LogP contribution in [0.5, 0.6) is 0 Å². The molecule has 10 heteroatoms. The Hall–Kier alpha value is -3.30. The average molecular weight is 364 g/mol. The van der Waals surface area contributed by atoms with Crippen molar-refractivity contribution in [2.24, 2.45) is 4.99 Å². The van der Waals surface area contributed by atoms with Crippen LogP contribution in [0.3, 0.4) is 0 Å². The molecule has 1 aromatic carbocycles. The smallest absolute Gasteiger partial charge is 0.301 e. The van der Waals surface area contributed by atoms with Gasteiger partial charge in [-0.15, -0.1) is 0 Å². The van der Waals surface area contributed by atoms with Gasteiger partial charge in [-0.2, -0.15) is 13.2 Å². The van der Waals surface area contributed by atoms with Crippen LogP contribution in [-0.4, -0.2) is 40.8 Å². The molecule has 7 nitrogen and oxygen atoms in total. The van der Waals surface area contributed by atoms with Crippen LogP contribution < -0.4 is 4.90 Å². The zero-order chi connectivity index (χ0) is 18.9. The first kappa shape index (κ1) is 17.5. The van der Waals surface area contributed by atoms with Crippen LogP contribution in [0.25, 0.3) is 0 Å². The van der Waals surface area contributed by atoms with Gasteiger partial charge in [0.15, 0.2) is 0 Å². The second kappa shape index (κ2) is 6.54. The molecule has 26 heavy (non-hydrogen) atoms. The van der Waals surface area contributed by atoms with Gasteiger partial charge < -0.3 is 4.90 Å². The van der Waals surface area contributed by atoms with E-state index in [-0.39, 0.29) is 22.6 Å². The van der Waals surface area contributed by atoms with E-state index in [1.54, 1.807) is 18.2 Å². The Balaban J connectivity index is 2.20. The maximum Gasteiger partial charge on any atom is 0.406 e. The van der Waals surface area contributed by atoms with Crippen molar-refractivity contribution in [3.05, 3.63) is 64.0 Å². The van der Waals surface area contributed by atoms with Crippen molar-refractivity contribution in [3.63, 3.8) is 0 Å². The van der Waals surface area contributed by atoms with Gasteiger partial charge in [-0.1, -0.05) is 6.07 Å². The standard InChI is InChI=1S/C16H11F3N4O3/c17-16(18,19)9-22-13-5-4-10(23(25)26)7-11(13)15(21-8-14(22)24)12-3-1-2-6-20-12/h1-7H,8-9H2. The summed E-state index contributed by atoms with van der Waals surface area (Å²) < 4.78 is 38.7. The van der Waals surface area contributed by atoms with Crippen molar-refractivity contribution in [2.45, 2.75) is 6.18 Å². The Kier molecular flexibility index (Phi) is 4.41. The number of alkyl halides is 3. The summed E-state index contributed by atoms with van der Waals surface area (Å²) in [6.07, 6.45) is -3.18. The third kappa shape index (κ3) is 3.53. The maximum absolute atomic E-state index is 12.9. The number of hydrogen-bond donors (Lipinski definition) is 0. The lowest BCUT2D eigenvalue weighted by atomic mass is 10.0. The summed E-state index contributed by atoms with van der Waals surface area (Å²) in [4.78, 5) is 31.3. The number of carbonyl (C=O) groups excluding carboxylic acids is 1. The van der Waals surface area contributed by atoms with E-state index in [1.165, 1.54) is 6.20 Å². The van der Waals surface area contributed by atoms with Crippen LogP contribution in [0, 0.1) is 10.1 Å². The number of fused-ring (bicyclic) bond motifs is 1. The summed E-state index contributed by atoms with van der Waals surface area (Å²) >= 11 is 0. The lowest BCUT2D eigenvalue weighted by molar-refractivity contribution is -0.384. The molecular formula is C16H11F3N4O3. The van der Waals surface area contributed by atoms with Gasteiger partial charge in [0.05, 0.1) is 22.0 Å². The van der Waals surface area contributed by atoms with Gasteiger partial charge >= 0.3 is 6.18 Å². The van der Waals surface area contributed by atoms with Crippen LogP contribution in [-0.2, 0) is 4.79 Å². The first-order valence-corrected chi connectivity index (χ1v) is 7.38. The Morgan fingerprint density at radius 3 is 2.62 bits per heavy atom. The summed E-state index contributed by atoms with van der Waals surface area (Å²) in [5.41, 5.74) is 0.0553. The first-order valence-electron chi connectivity index (χ1n) is 7.38. The molecule has 0 aliphatic carbocycles. The quantitative estimate of drug-likeness (QED) is 0.619. The number of nitro benzene ring substituents is 1. The fourth-order valence-electron chi connectivity index (χ4n) is 2.59. The highest BCUT2D eigenvalue weighted by molar-refractivity contribution is 6.19. The number of aliphatic imine (C=N–C) groups is 1. The SMILES string of the molecule is O=C1CN=C(c2ccccn2)c2cc([N+](=O)[O-])ccc2N1CC(F)(F)F. The van der Waals surface area contributed by atoms with Gasteiger partial charge in [-0.3, -0.25) is 24.9 Å². The maximum atomic E-state index is 12.9. The number of anilines is 1.